The lowest BCUT2D eigenvalue weighted by atomic mass is 9.94. The fraction of sp³-hybridized carbons (Fsp3) is 0.514. The normalized spacial score (nSPS) is 27.9. The number of aromatic hydroxyl groups is 1. The fourth-order valence-electron chi connectivity index (χ4n) is 9.34. The molecule has 4 fully saturated rings. The summed E-state index contributed by atoms with van der Waals surface area (Å²) in [5.74, 6) is -0.799. The molecule has 2 aromatic heterocycles. The number of nitrogens with one attached hydrogen (secondary N) is 1. The van der Waals surface area contributed by atoms with Crippen molar-refractivity contribution in [2.24, 2.45) is 0 Å². The zero-order valence-electron chi connectivity index (χ0n) is 26.8. The van der Waals surface area contributed by atoms with Crippen LogP contribution in [0.1, 0.15) is 49.8 Å². The zero-order chi connectivity index (χ0) is 33.8. The molecule has 0 aliphatic carbocycles. The summed E-state index contributed by atoms with van der Waals surface area (Å²) in [4.78, 5) is 18.6. The van der Waals surface area contributed by atoms with Gasteiger partial charge in [0.1, 0.15) is 35.2 Å². The second-order valence-corrected chi connectivity index (χ2v) is 14.3. The number of anilines is 1. The third-order valence-corrected chi connectivity index (χ3v) is 11.4. The smallest absolute Gasteiger partial charge is 0.508 e. The van der Waals surface area contributed by atoms with Gasteiger partial charge in [-0.3, -0.25) is 9.64 Å². The van der Waals surface area contributed by atoms with Crippen molar-refractivity contribution in [1.29, 1.82) is 0 Å². The van der Waals surface area contributed by atoms with Crippen LogP contribution in [0.15, 0.2) is 24.3 Å². The first-order valence-corrected chi connectivity index (χ1v) is 16.9. The number of ether oxygens (including phenoxy) is 2. The van der Waals surface area contributed by atoms with E-state index in [1.54, 1.807) is 13.0 Å². The maximum absolute atomic E-state index is 17.1. The lowest BCUT2D eigenvalue weighted by Gasteiger charge is -2.41. The molecule has 0 spiro atoms. The number of alkyl halides is 3. The number of aryl methyl sites for hydroxylation is 2. The van der Waals surface area contributed by atoms with E-state index in [0.717, 1.165) is 25.7 Å². The Morgan fingerprint density at radius 3 is 2.76 bits per heavy atom. The quantitative estimate of drug-likeness (QED) is 0.249. The summed E-state index contributed by atoms with van der Waals surface area (Å²) in [6.07, 6.45) is -0.889. The average molecular weight is 683 g/mol. The van der Waals surface area contributed by atoms with Crippen molar-refractivity contribution in [3.63, 3.8) is 0 Å². The lowest BCUT2D eigenvalue weighted by Crippen LogP contribution is -2.58. The van der Waals surface area contributed by atoms with Crippen molar-refractivity contribution < 1.29 is 36.5 Å². The molecular weight excluding hydrogens is 647 g/mol. The van der Waals surface area contributed by atoms with E-state index in [1.807, 2.05) is 4.90 Å². The van der Waals surface area contributed by atoms with Gasteiger partial charge in [-0.2, -0.15) is 9.97 Å². The first kappa shape index (κ1) is 31.1. The first-order valence-electron chi connectivity index (χ1n) is 16.9. The molecule has 0 unspecified atom stereocenters. The maximum Gasteiger partial charge on any atom is 0.522 e. The molecule has 5 atom stereocenters. The number of rotatable bonds is 5. The van der Waals surface area contributed by atoms with Gasteiger partial charge in [-0.1, -0.05) is 6.07 Å². The predicted molar refractivity (Wildman–Crippen MR) is 171 cm³/mol. The van der Waals surface area contributed by atoms with Crippen LogP contribution in [-0.4, -0.2) is 87.3 Å². The molecule has 5 aliphatic rings. The number of phenolic OH excluding ortho intramolecular Hbond substituents is 1. The summed E-state index contributed by atoms with van der Waals surface area (Å²) < 4.78 is 82.0. The van der Waals surface area contributed by atoms with E-state index in [-0.39, 0.29) is 66.2 Å². The van der Waals surface area contributed by atoms with Crippen LogP contribution in [0.2, 0.25) is 0 Å². The molecule has 14 heteroatoms. The number of fused-ring (bicyclic) bond motifs is 7. The summed E-state index contributed by atoms with van der Waals surface area (Å²) in [5, 5.41) is 15.8. The fourth-order valence-corrected chi connectivity index (χ4v) is 9.34. The summed E-state index contributed by atoms with van der Waals surface area (Å²) in [6, 6.07) is 6.23. The third-order valence-electron chi connectivity index (χ3n) is 11.4. The summed E-state index contributed by atoms with van der Waals surface area (Å²) >= 11 is 0. The van der Waals surface area contributed by atoms with Gasteiger partial charge < -0.3 is 20.1 Å². The van der Waals surface area contributed by atoms with Crippen LogP contribution >= 0.6 is 0 Å². The van der Waals surface area contributed by atoms with Crippen LogP contribution < -0.4 is 15.0 Å². The molecule has 4 aromatic rings. The maximum atomic E-state index is 17.1. The van der Waals surface area contributed by atoms with Gasteiger partial charge >= 0.3 is 12.4 Å². The summed E-state index contributed by atoms with van der Waals surface area (Å²) in [5.41, 5.74) is 0.408. The SMILES string of the molecule is Cc1c(F)ccc2cc(O)cc(-c3nc4c5c(nc(OC[C@]67CCCN6C[C@H](OC(F)(F)F)C7)nc5c3F)N3C[C@H]5CC[C@H](N5)[C@H]3CC4)c12. The van der Waals surface area contributed by atoms with Crippen molar-refractivity contribution in [3.05, 3.63) is 47.2 Å². The molecule has 49 heavy (non-hydrogen) atoms. The van der Waals surface area contributed by atoms with E-state index >= 15 is 4.39 Å². The Morgan fingerprint density at radius 2 is 1.92 bits per heavy atom. The number of phenols is 1. The van der Waals surface area contributed by atoms with E-state index < -0.39 is 29.6 Å². The third kappa shape index (κ3) is 5.08. The van der Waals surface area contributed by atoms with Gasteiger partial charge in [0.25, 0.3) is 0 Å². The highest BCUT2D eigenvalue weighted by Gasteiger charge is 2.52. The Hall–Kier alpha value is -3.88. The zero-order valence-corrected chi connectivity index (χ0v) is 26.8. The molecule has 2 aromatic carbocycles. The van der Waals surface area contributed by atoms with Crippen molar-refractivity contribution in [2.45, 2.75) is 88.0 Å². The minimum Gasteiger partial charge on any atom is -0.508 e. The van der Waals surface area contributed by atoms with Gasteiger partial charge in [0.2, 0.25) is 0 Å². The molecule has 0 radical (unpaired) electrons. The van der Waals surface area contributed by atoms with Crippen LogP contribution in [0.5, 0.6) is 11.8 Å². The molecule has 7 heterocycles. The number of hydrogen-bond donors (Lipinski definition) is 2. The molecule has 9 nitrogen and oxygen atoms in total. The van der Waals surface area contributed by atoms with Gasteiger partial charge in [-0.15, -0.1) is 13.2 Å². The van der Waals surface area contributed by atoms with Crippen molar-refractivity contribution >= 4 is 27.5 Å². The molecule has 2 N–H and O–H groups in total. The van der Waals surface area contributed by atoms with Gasteiger partial charge in [0, 0.05) is 36.8 Å². The van der Waals surface area contributed by atoms with Gasteiger partial charge in [-0.25, -0.2) is 13.8 Å². The molecule has 4 saturated heterocycles. The largest absolute Gasteiger partial charge is 0.522 e. The van der Waals surface area contributed by atoms with E-state index in [4.69, 9.17) is 14.7 Å². The highest BCUT2D eigenvalue weighted by molar-refractivity contribution is 6.02. The second kappa shape index (κ2) is 11.1. The molecule has 5 aliphatic heterocycles. The Kier molecular flexibility index (Phi) is 7.03. The van der Waals surface area contributed by atoms with Crippen molar-refractivity contribution in [2.75, 3.05) is 31.1 Å². The highest BCUT2D eigenvalue weighted by atomic mass is 19.4. The standard InChI is InChI=1S/C35H35F5N6O3/c1-17-23(36)5-3-18-11-20(47)12-22(27(17)18)30-29(37)31-28-25(42-30)7-8-26-24-6-4-19(41-24)14-46(26)32(28)44-33(43-31)48-16-34-9-2-10-45(34)15-21(13-34)49-35(38,39)40/h3,5,11-12,19,21,24,26,41,47H,2,4,6-10,13-16H2,1H3/t19-,21-,24+,26-,34-/m1/s1. The van der Waals surface area contributed by atoms with Crippen LogP contribution in [0.4, 0.5) is 27.8 Å². The van der Waals surface area contributed by atoms with E-state index in [1.165, 1.54) is 18.2 Å². The molecule has 9 rings (SSSR count). The molecule has 258 valence electrons. The number of halogens is 5. The Bertz CT molecular complexity index is 2010. The number of pyridine rings is 1. The van der Waals surface area contributed by atoms with Crippen LogP contribution in [0.25, 0.3) is 32.9 Å². The number of benzene rings is 2. The second-order valence-electron chi connectivity index (χ2n) is 14.3. The minimum absolute atomic E-state index is 0.00237. The van der Waals surface area contributed by atoms with Gasteiger partial charge in [0.15, 0.2) is 5.82 Å². The Morgan fingerprint density at radius 1 is 1.06 bits per heavy atom. The van der Waals surface area contributed by atoms with Gasteiger partial charge in [-0.05, 0) is 92.9 Å². The number of nitrogens with zero attached hydrogens (tertiary/aromatic N) is 5. The Balaban J connectivity index is 1.18. The van der Waals surface area contributed by atoms with Crippen molar-refractivity contribution in [3.8, 4) is 23.0 Å². The van der Waals surface area contributed by atoms with Crippen molar-refractivity contribution in [1.82, 2.24) is 25.2 Å². The lowest BCUT2D eigenvalue weighted by molar-refractivity contribution is -0.340. The monoisotopic (exact) mass is 682 g/mol. The highest BCUT2D eigenvalue weighted by Crippen LogP contribution is 2.45. The molecule has 2 bridgehead atoms. The van der Waals surface area contributed by atoms with E-state index in [0.29, 0.717) is 59.2 Å². The summed E-state index contributed by atoms with van der Waals surface area (Å²) in [6.45, 7) is 3.06. The number of piperazine rings is 1. The average Bonchev–Trinajstić information content (AvgIpc) is 3.69. The summed E-state index contributed by atoms with van der Waals surface area (Å²) in [7, 11) is 0. The van der Waals surface area contributed by atoms with Crippen LogP contribution in [0.3, 0.4) is 0 Å². The molecule has 0 amide bonds. The topological polar surface area (TPSA) is 95.9 Å². The van der Waals surface area contributed by atoms with E-state index in [2.05, 4.69) is 19.9 Å². The van der Waals surface area contributed by atoms with Gasteiger partial charge in [0.05, 0.1) is 22.7 Å². The number of hydrogen-bond acceptors (Lipinski definition) is 9. The molecule has 0 saturated carbocycles. The minimum atomic E-state index is -4.74. The van der Waals surface area contributed by atoms with Crippen LogP contribution in [0, 0.1) is 18.6 Å². The Labute approximate surface area is 278 Å². The predicted octanol–water partition coefficient (Wildman–Crippen LogP) is 5.91. The number of aromatic nitrogens is 3. The first-order chi connectivity index (χ1) is 23.5. The molecular formula is C35H35F5N6O3. The van der Waals surface area contributed by atoms with Crippen LogP contribution in [-0.2, 0) is 11.2 Å². The van der Waals surface area contributed by atoms with E-state index in [9.17, 15) is 22.7 Å².